The maximum absolute atomic E-state index is 13.3. The lowest BCUT2D eigenvalue weighted by molar-refractivity contribution is 0.103. The lowest BCUT2D eigenvalue weighted by Crippen LogP contribution is -2.05. The molecule has 2 aromatic carbocycles. The molecule has 1 aliphatic rings. The molecule has 1 atom stereocenters. The van der Waals surface area contributed by atoms with E-state index in [0.29, 0.717) is 5.56 Å². The van der Waals surface area contributed by atoms with E-state index in [-0.39, 0.29) is 23.1 Å². The molecular formula is C16H14FNO2. The minimum atomic E-state index is -0.508. The molecule has 3 nitrogen and oxygen atoms in total. The second kappa shape index (κ2) is 4.63. The van der Waals surface area contributed by atoms with Crippen LogP contribution in [0.2, 0.25) is 0 Å². The third-order valence-electron chi connectivity index (χ3n) is 3.34. The summed E-state index contributed by atoms with van der Waals surface area (Å²) in [7, 11) is 0. The molecule has 3 rings (SSSR count). The summed E-state index contributed by atoms with van der Waals surface area (Å²) in [5, 5.41) is 0. The van der Waals surface area contributed by atoms with Crippen LogP contribution < -0.4 is 10.5 Å². The van der Waals surface area contributed by atoms with Gasteiger partial charge in [0.15, 0.2) is 5.78 Å². The fraction of sp³-hybridized carbons (Fsp3) is 0.188. The summed E-state index contributed by atoms with van der Waals surface area (Å²) in [6.07, 6.45) is 0.905. The van der Waals surface area contributed by atoms with Gasteiger partial charge in [-0.1, -0.05) is 0 Å². The summed E-state index contributed by atoms with van der Waals surface area (Å²) >= 11 is 0. The van der Waals surface area contributed by atoms with E-state index in [1.807, 2.05) is 13.0 Å². The van der Waals surface area contributed by atoms with Gasteiger partial charge in [0.2, 0.25) is 0 Å². The molecule has 1 unspecified atom stereocenters. The van der Waals surface area contributed by atoms with Gasteiger partial charge in [0, 0.05) is 23.2 Å². The van der Waals surface area contributed by atoms with Crippen molar-refractivity contribution in [3.63, 3.8) is 0 Å². The molecule has 1 heterocycles. The highest BCUT2D eigenvalue weighted by molar-refractivity contribution is 6.09. The van der Waals surface area contributed by atoms with Gasteiger partial charge >= 0.3 is 0 Å². The number of nitrogen functional groups attached to an aromatic ring is 1. The first-order valence-corrected chi connectivity index (χ1v) is 6.43. The quantitative estimate of drug-likeness (QED) is 0.675. The molecule has 0 amide bonds. The third kappa shape index (κ3) is 2.25. The minimum Gasteiger partial charge on any atom is -0.490 e. The summed E-state index contributed by atoms with van der Waals surface area (Å²) in [6.45, 7) is 1.98. The van der Waals surface area contributed by atoms with E-state index in [1.165, 1.54) is 18.2 Å². The highest BCUT2D eigenvalue weighted by Gasteiger charge is 2.21. The van der Waals surface area contributed by atoms with Crippen molar-refractivity contribution in [1.29, 1.82) is 0 Å². The van der Waals surface area contributed by atoms with Gasteiger partial charge in [-0.15, -0.1) is 0 Å². The van der Waals surface area contributed by atoms with Crippen molar-refractivity contribution in [3.8, 4) is 5.75 Å². The predicted octanol–water partition coefficient (Wildman–Crippen LogP) is 2.96. The molecule has 0 saturated heterocycles. The van der Waals surface area contributed by atoms with Gasteiger partial charge in [-0.2, -0.15) is 0 Å². The van der Waals surface area contributed by atoms with Crippen molar-refractivity contribution in [3.05, 3.63) is 58.9 Å². The van der Waals surface area contributed by atoms with Gasteiger partial charge in [-0.3, -0.25) is 4.79 Å². The van der Waals surface area contributed by atoms with Crippen LogP contribution in [0.1, 0.15) is 28.4 Å². The molecule has 20 heavy (non-hydrogen) atoms. The molecule has 2 aromatic rings. The summed E-state index contributed by atoms with van der Waals surface area (Å²) < 4.78 is 18.9. The normalized spacial score (nSPS) is 16.6. The van der Waals surface area contributed by atoms with Crippen LogP contribution in [-0.2, 0) is 6.42 Å². The first-order chi connectivity index (χ1) is 9.52. The minimum absolute atomic E-state index is 0.125. The lowest BCUT2D eigenvalue weighted by Gasteiger charge is -2.05. The fourth-order valence-corrected chi connectivity index (χ4v) is 2.47. The predicted molar refractivity (Wildman–Crippen MR) is 74.5 cm³/mol. The number of benzene rings is 2. The maximum Gasteiger partial charge on any atom is 0.193 e. The van der Waals surface area contributed by atoms with Crippen LogP contribution in [0.25, 0.3) is 0 Å². The molecular weight excluding hydrogens is 257 g/mol. The Labute approximate surface area is 116 Å². The Kier molecular flexibility index (Phi) is 2.93. The molecule has 0 bridgehead atoms. The lowest BCUT2D eigenvalue weighted by atomic mass is 9.99. The van der Waals surface area contributed by atoms with Crippen molar-refractivity contribution in [1.82, 2.24) is 0 Å². The summed E-state index contributed by atoms with van der Waals surface area (Å²) in [6, 6.07) is 9.16. The highest BCUT2D eigenvalue weighted by Crippen LogP contribution is 2.30. The largest absolute Gasteiger partial charge is 0.490 e. The fourth-order valence-electron chi connectivity index (χ4n) is 2.47. The average Bonchev–Trinajstić information content (AvgIpc) is 2.75. The third-order valence-corrected chi connectivity index (χ3v) is 3.34. The van der Waals surface area contributed by atoms with Crippen LogP contribution in [0.3, 0.4) is 0 Å². The van der Waals surface area contributed by atoms with E-state index in [9.17, 15) is 9.18 Å². The van der Waals surface area contributed by atoms with Crippen LogP contribution >= 0.6 is 0 Å². The molecule has 102 valence electrons. The van der Waals surface area contributed by atoms with Crippen LogP contribution in [0.5, 0.6) is 5.75 Å². The number of nitrogens with two attached hydrogens (primary N) is 1. The Morgan fingerprint density at radius 1 is 1.25 bits per heavy atom. The monoisotopic (exact) mass is 271 g/mol. The van der Waals surface area contributed by atoms with Crippen molar-refractivity contribution >= 4 is 11.5 Å². The number of carbonyl (C=O) groups is 1. The Morgan fingerprint density at radius 3 is 2.80 bits per heavy atom. The second-order valence-electron chi connectivity index (χ2n) is 5.06. The number of hydrogen-bond donors (Lipinski definition) is 1. The highest BCUT2D eigenvalue weighted by atomic mass is 19.1. The van der Waals surface area contributed by atoms with E-state index in [0.717, 1.165) is 17.7 Å². The number of fused-ring (bicyclic) bond motifs is 1. The van der Waals surface area contributed by atoms with E-state index >= 15 is 0 Å². The number of carbonyl (C=O) groups excluding carboxylic acids is 1. The zero-order chi connectivity index (χ0) is 14.3. The number of ether oxygens (including phenoxy) is 1. The van der Waals surface area contributed by atoms with Crippen LogP contribution in [0.15, 0.2) is 36.4 Å². The Morgan fingerprint density at radius 2 is 2.05 bits per heavy atom. The first kappa shape index (κ1) is 12.7. The Hall–Kier alpha value is -2.36. The Bertz CT molecular complexity index is 677. The second-order valence-corrected chi connectivity index (χ2v) is 5.06. The average molecular weight is 271 g/mol. The zero-order valence-corrected chi connectivity index (χ0v) is 11.0. The van der Waals surface area contributed by atoms with E-state index in [1.54, 1.807) is 12.1 Å². The van der Waals surface area contributed by atoms with Crippen molar-refractivity contribution in [2.24, 2.45) is 0 Å². The first-order valence-electron chi connectivity index (χ1n) is 6.43. The zero-order valence-electron chi connectivity index (χ0n) is 11.0. The summed E-state index contributed by atoms with van der Waals surface area (Å²) in [4.78, 5) is 12.4. The number of anilines is 1. The number of hydrogen-bond acceptors (Lipinski definition) is 3. The topological polar surface area (TPSA) is 52.3 Å². The summed E-state index contributed by atoms with van der Waals surface area (Å²) in [5.41, 5.74) is 7.60. The van der Waals surface area contributed by atoms with E-state index < -0.39 is 5.82 Å². The van der Waals surface area contributed by atoms with Gasteiger partial charge in [-0.25, -0.2) is 4.39 Å². The molecule has 4 heteroatoms. The molecule has 0 aliphatic carbocycles. The number of halogens is 1. The smallest absolute Gasteiger partial charge is 0.193 e. The molecule has 0 radical (unpaired) electrons. The van der Waals surface area contributed by atoms with Gasteiger partial charge < -0.3 is 10.5 Å². The van der Waals surface area contributed by atoms with Gasteiger partial charge in [0.25, 0.3) is 0 Å². The molecule has 0 aromatic heterocycles. The van der Waals surface area contributed by atoms with Gasteiger partial charge in [-0.05, 0) is 48.9 Å². The van der Waals surface area contributed by atoms with E-state index in [4.69, 9.17) is 10.5 Å². The molecule has 0 spiro atoms. The van der Waals surface area contributed by atoms with Crippen molar-refractivity contribution < 1.29 is 13.9 Å². The Balaban J connectivity index is 1.97. The molecule has 0 fully saturated rings. The van der Waals surface area contributed by atoms with Crippen LogP contribution in [-0.4, -0.2) is 11.9 Å². The standard InChI is InChI=1S/C16H14FNO2/c1-9-4-11-5-10(2-3-15(11)20-9)16(19)12-6-13(17)8-14(18)7-12/h2-3,5-9H,4,18H2,1H3. The van der Waals surface area contributed by atoms with Crippen molar-refractivity contribution in [2.75, 3.05) is 5.73 Å². The van der Waals surface area contributed by atoms with Gasteiger partial charge in [0.1, 0.15) is 17.7 Å². The SMILES string of the molecule is CC1Cc2cc(C(=O)c3cc(N)cc(F)c3)ccc2O1. The molecule has 2 N–H and O–H groups in total. The molecule has 1 aliphatic heterocycles. The van der Waals surface area contributed by atoms with Gasteiger partial charge in [0.05, 0.1) is 0 Å². The summed E-state index contributed by atoms with van der Waals surface area (Å²) in [5.74, 6) is 0.0674. The number of ketones is 1. The van der Waals surface area contributed by atoms with Crippen LogP contribution in [0, 0.1) is 5.82 Å². The van der Waals surface area contributed by atoms with E-state index in [2.05, 4.69) is 0 Å². The van der Waals surface area contributed by atoms with Crippen molar-refractivity contribution in [2.45, 2.75) is 19.4 Å². The maximum atomic E-state index is 13.3. The number of rotatable bonds is 2. The van der Waals surface area contributed by atoms with Crippen LogP contribution in [0.4, 0.5) is 10.1 Å². The molecule has 0 saturated carbocycles.